The molecular weight excluding hydrogens is 504 g/mol. The highest BCUT2D eigenvalue weighted by Gasteiger charge is 2.35. The van der Waals surface area contributed by atoms with Crippen molar-refractivity contribution >= 4 is 22.5 Å². The number of aryl methyl sites for hydroxylation is 1. The third kappa shape index (κ3) is 5.01. The molecule has 0 saturated heterocycles. The van der Waals surface area contributed by atoms with E-state index in [1.807, 2.05) is 12.1 Å². The Morgan fingerprint density at radius 3 is 2.53 bits per heavy atom. The number of ether oxygens (including phenoxy) is 1. The molecule has 5 rings (SSSR count). The van der Waals surface area contributed by atoms with Crippen LogP contribution in [0.15, 0.2) is 60.9 Å². The number of alkyl halides is 2. The SMILES string of the molecule is Cc1nc2ccc(-n3ncc4cc(O[C@H](c5cc(F)cc(F)c5)[C@H](C)NC(=O)C(C)(F)F)ccc43)cn2n1. The minimum absolute atomic E-state index is 0.0296. The highest BCUT2D eigenvalue weighted by Crippen LogP contribution is 2.30. The molecule has 1 N–H and O–H groups in total. The molecule has 5 aromatic rings. The first-order chi connectivity index (χ1) is 18.0. The van der Waals surface area contributed by atoms with Crippen LogP contribution in [0.3, 0.4) is 0 Å². The second-order valence-electron chi connectivity index (χ2n) is 9.02. The van der Waals surface area contributed by atoms with Gasteiger partial charge in [-0.25, -0.2) is 23.0 Å². The average molecular weight is 526 g/mol. The van der Waals surface area contributed by atoms with E-state index in [2.05, 4.69) is 20.5 Å². The van der Waals surface area contributed by atoms with Crippen LogP contribution in [0.4, 0.5) is 17.6 Å². The van der Waals surface area contributed by atoms with E-state index < -0.39 is 35.6 Å². The van der Waals surface area contributed by atoms with Gasteiger partial charge in [-0.2, -0.15) is 19.0 Å². The Morgan fingerprint density at radius 1 is 1.08 bits per heavy atom. The number of fused-ring (bicyclic) bond motifs is 2. The Morgan fingerprint density at radius 2 is 1.82 bits per heavy atom. The summed E-state index contributed by atoms with van der Waals surface area (Å²) in [7, 11) is 0. The highest BCUT2D eigenvalue weighted by atomic mass is 19.3. The second-order valence-corrected chi connectivity index (χ2v) is 9.02. The van der Waals surface area contributed by atoms with Gasteiger partial charge < -0.3 is 10.1 Å². The van der Waals surface area contributed by atoms with Crippen molar-refractivity contribution in [3.63, 3.8) is 0 Å². The summed E-state index contributed by atoms with van der Waals surface area (Å²) in [6.07, 6.45) is 2.21. The minimum Gasteiger partial charge on any atom is -0.484 e. The molecule has 3 heterocycles. The number of pyridine rings is 1. The third-order valence-electron chi connectivity index (χ3n) is 5.89. The van der Waals surface area contributed by atoms with Gasteiger partial charge in [0.2, 0.25) is 0 Å². The van der Waals surface area contributed by atoms with Crippen molar-refractivity contribution < 1.29 is 27.1 Å². The van der Waals surface area contributed by atoms with Gasteiger partial charge in [-0.1, -0.05) is 0 Å². The van der Waals surface area contributed by atoms with Gasteiger partial charge in [0.15, 0.2) is 5.65 Å². The maximum absolute atomic E-state index is 14.0. The first kappa shape index (κ1) is 25.2. The molecule has 0 aliphatic rings. The lowest BCUT2D eigenvalue weighted by atomic mass is 10.0. The summed E-state index contributed by atoms with van der Waals surface area (Å²) in [4.78, 5) is 16.2. The lowest BCUT2D eigenvalue weighted by Crippen LogP contribution is -2.46. The molecule has 38 heavy (non-hydrogen) atoms. The molecule has 3 aromatic heterocycles. The largest absolute Gasteiger partial charge is 0.484 e. The van der Waals surface area contributed by atoms with E-state index in [1.54, 1.807) is 46.7 Å². The third-order valence-corrected chi connectivity index (χ3v) is 5.89. The minimum atomic E-state index is -3.65. The molecule has 12 heteroatoms. The van der Waals surface area contributed by atoms with Crippen molar-refractivity contribution in [1.82, 2.24) is 29.7 Å². The molecule has 1 amide bonds. The Kier molecular flexibility index (Phi) is 6.25. The van der Waals surface area contributed by atoms with E-state index in [0.29, 0.717) is 29.8 Å². The zero-order valence-electron chi connectivity index (χ0n) is 20.5. The maximum Gasteiger partial charge on any atom is 0.321 e. The number of aromatic nitrogens is 5. The number of hydrogen-bond acceptors (Lipinski definition) is 5. The monoisotopic (exact) mass is 526 g/mol. The molecule has 8 nitrogen and oxygen atoms in total. The van der Waals surface area contributed by atoms with Gasteiger partial charge in [0.1, 0.15) is 29.3 Å². The van der Waals surface area contributed by atoms with E-state index in [9.17, 15) is 22.4 Å². The number of amides is 1. The topological polar surface area (TPSA) is 86.3 Å². The van der Waals surface area contributed by atoms with Crippen molar-refractivity contribution in [2.75, 3.05) is 0 Å². The predicted octanol–water partition coefficient (Wildman–Crippen LogP) is 4.93. The van der Waals surface area contributed by atoms with Gasteiger partial charge in [-0.3, -0.25) is 4.79 Å². The molecule has 0 radical (unpaired) electrons. The van der Waals surface area contributed by atoms with Crippen LogP contribution in [-0.2, 0) is 4.79 Å². The summed E-state index contributed by atoms with van der Waals surface area (Å²) in [6.45, 7) is 3.67. The van der Waals surface area contributed by atoms with Crippen molar-refractivity contribution in [3.05, 3.63) is 83.9 Å². The molecule has 196 valence electrons. The molecule has 2 atom stereocenters. The average Bonchev–Trinajstić information content (AvgIpc) is 3.42. The van der Waals surface area contributed by atoms with Gasteiger partial charge in [0.05, 0.1) is 29.6 Å². The number of benzene rings is 2. The summed E-state index contributed by atoms with van der Waals surface area (Å²) >= 11 is 0. The van der Waals surface area contributed by atoms with Crippen molar-refractivity contribution in [2.24, 2.45) is 0 Å². The molecule has 0 aliphatic heterocycles. The van der Waals surface area contributed by atoms with Gasteiger partial charge in [-0.05, 0) is 56.3 Å². The molecule has 0 aliphatic carbocycles. The summed E-state index contributed by atoms with van der Waals surface area (Å²) in [5, 5.41) is 11.6. The predicted molar refractivity (Wildman–Crippen MR) is 130 cm³/mol. The van der Waals surface area contributed by atoms with Crippen molar-refractivity contribution in [1.29, 1.82) is 0 Å². The van der Waals surface area contributed by atoms with Gasteiger partial charge >= 0.3 is 5.92 Å². The number of nitrogens with zero attached hydrogens (tertiary/aromatic N) is 5. The van der Waals surface area contributed by atoms with E-state index in [1.165, 1.54) is 6.92 Å². The molecule has 0 fully saturated rings. The van der Waals surface area contributed by atoms with Crippen molar-refractivity contribution in [2.45, 2.75) is 38.8 Å². The van der Waals surface area contributed by atoms with Crippen LogP contribution in [0.1, 0.15) is 31.3 Å². The van der Waals surface area contributed by atoms with Gasteiger partial charge in [0, 0.05) is 23.9 Å². The van der Waals surface area contributed by atoms with Crippen LogP contribution in [0.5, 0.6) is 5.75 Å². The maximum atomic E-state index is 14.0. The molecule has 2 aromatic carbocycles. The van der Waals surface area contributed by atoms with Crippen LogP contribution in [0.2, 0.25) is 0 Å². The molecule has 0 spiro atoms. The Bertz CT molecular complexity index is 1640. The van der Waals surface area contributed by atoms with E-state index in [4.69, 9.17) is 4.74 Å². The second kappa shape index (κ2) is 9.43. The summed E-state index contributed by atoms with van der Waals surface area (Å²) in [6, 6.07) is 10.3. The Labute approximate surface area is 213 Å². The first-order valence-electron chi connectivity index (χ1n) is 11.6. The standard InChI is InChI=1S/C26H22F4N6O2/c1-14(32-25(37)26(3,29)30)24(16-8-18(27)11-19(28)9-16)38-21-5-6-22-17(10-21)12-31-36(22)20-4-7-23-33-15(2)34-35(23)13-20/h4-14,24H,1-3H3,(H,32,37)/t14-,24-/m0/s1. The lowest BCUT2D eigenvalue weighted by molar-refractivity contribution is -0.144. The molecule has 0 saturated carbocycles. The number of carbonyl (C=O) groups excluding carboxylic acids is 1. The fourth-order valence-corrected chi connectivity index (χ4v) is 4.15. The number of halogens is 4. The number of rotatable bonds is 7. The number of hydrogen-bond donors (Lipinski definition) is 1. The van der Waals surface area contributed by atoms with E-state index >= 15 is 0 Å². The van der Waals surface area contributed by atoms with E-state index in [-0.39, 0.29) is 11.3 Å². The van der Waals surface area contributed by atoms with Crippen molar-refractivity contribution in [3.8, 4) is 11.4 Å². The Balaban J connectivity index is 1.47. The quantitative estimate of drug-likeness (QED) is 0.304. The first-order valence-corrected chi connectivity index (χ1v) is 11.6. The fourth-order valence-electron chi connectivity index (χ4n) is 4.15. The summed E-state index contributed by atoms with van der Waals surface area (Å²) in [5.74, 6) is -6.01. The normalized spacial score (nSPS) is 13.6. The summed E-state index contributed by atoms with van der Waals surface area (Å²) < 4.78 is 64.4. The lowest BCUT2D eigenvalue weighted by Gasteiger charge is -2.27. The smallest absolute Gasteiger partial charge is 0.321 e. The zero-order valence-corrected chi connectivity index (χ0v) is 20.5. The molecular formula is C26H22F4N6O2. The van der Waals surface area contributed by atoms with Crippen LogP contribution in [0, 0.1) is 18.6 Å². The zero-order chi connectivity index (χ0) is 27.2. The molecule has 0 bridgehead atoms. The van der Waals surface area contributed by atoms with Crippen LogP contribution in [-0.4, -0.2) is 42.3 Å². The van der Waals surface area contributed by atoms with Gasteiger partial charge in [0.25, 0.3) is 5.91 Å². The summed E-state index contributed by atoms with van der Waals surface area (Å²) in [5.41, 5.74) is 2.19. The van der Waals surface area contributed by atoms with Crippen LogP contribution in [0.25, 0.3) is 22.2 Å². The van der Waals surface area contributed by atoms with Crippen LogP contribution >= 0.6 is 0 Å². The highest BCUT2D eigenvalue weighted by molar-refractivity contribution is 5.83. The number of carbonyl (C=O) groups is 1. The fraction of sp³-hybridized carbons (Fsp3) is 0.231. The van der Waals surface area contributed by atoms with Crippen LogP contribution < -0.4 is 10.1 Å². The van der Waals surface area contributed by atoms with Gasteiger partial charge in [-0.15, -0.1) is 0 Å². The Hall–Kier alpha value is -4.48. The number of nitrogens with one attached hydrogen (secondary N) is 1. The van der Waals surface area contributed by atoms with E-state index in [0.717, 1.165) is 23.3 Å². The molecule has 0 unspecified atom stereocenters.